The molecule has 2 N–H and O–H groups in total. The summed E-state index contributed by atoms with van der Waals surface area (Å²) in [6, 6.07) is 12.4. The van der Waals surface area contributed by atoms with Crippen molar-refractivity contribution in [2.75, 3.05) is 5.32 Å². The van der Waals surface area contributed by atoms with Crippen molar-refractivity contribution in [3.63, 3.8) is 0 Å². The van der Waals surface area contributed by atoms with Gasteiger partial charge >= 0.3 is 0 Å². The number of halogens is 1. The smallest absolute Gasteiger partial charge is 0.228 e. The fourth-order valence-corrected chi connectivity index (χ4v) is 2.08. The zero-order valence-electron chi connectivity index (χ0n) is 10.5. The third kappa shape index (κ3) is 3.83. The third-order valence-electron chi connectivity index (χ3n) is 2.77. The molecule has 0 atom stereocenters. The average Bonchev–Trinajstić information content (AvgIpc) is 2.37. The molecular weight excluding hydrogens is 306 g/mol. The van der Waals surface area contributed by atoms with Crippen LogP contribution in [0.25, 0.3) is 0 Å². The van der Waals surface area contributed by atoms with Crippen molar-refractivity contribution in [2.45, 2.75) is 13.3 Å². The predicted molar refractivity (Wildman–Crippen MR) is 79.3 cm³/mol. The minimum Gasteiger partial charge on any atom is -0.508 e. The van der Waals surface area contributed by atoms with Crippen molar-refractivity contribution in [1.29, 1.82) is 0 Å². The Hall–Kier alpha value is -1.81. The van der Waals surface area contributed by atoms with E-state index in [1.165, 1.54) is 0 Å². The normalized spacial score (nSPS) is 10.2. The Morgan fingerprint density at radius 3 is 2.58 bits per heavy atom. The molecule has 2 aromatic rings. The summed E-state index contributed by atoms with van der Waals surface area (Å²) in [5, 5.41) is 12.1. The summed E-state index contributed by atoms with van der Waals surface area (Å²) in [6.45, 7) is 1.95. The Bertz CT molecular complexity index is 594. The van der Waals surface area contributed by atoms with Gasteiger partial charge in [-0.3, -0.25) is 4.79 Å². The van der Waals surface area contributed by atoms with E-state index in [4.69, 9.17) is 0 Å². The van der Waals surface area contributed by atoms with Crippen molar-refractivity contribution < 1.29 is 9.90 Å². The van der Waals surface area contributed by atoms with Crippen molar-refractivity contribution in [3.05, 3.63) is 58.1 Å². The monoisotopic (exact) mass is 319 g/mol. The lowest BCUT2D eigenvalue weighted by atomic mass is 10.1. The second kappa shape index (κ2) is 5.89. The Morgan fingerprint density at radius 1 is 1.21 bits per heavy atom. The highest BCUT2D eigenvalue weighted by molar-refractivity contribution is 9.10. The van der Waals surface area contributed by atoms with Crippen molar-refractivity contribution >= 4 is 27.5 Å². The lowest BCUT2D eigenvalue weighted by molar-refractivity contribution is -0.115. The third-order valence-corrected chi connectivity index (χ3v) is 3.27. The summed E-state index contributed by atoms with van der Waals surface area (Å²) >= 11 is 3.38. The molecule has 0 fully saturated rings. The summed E-state index contributed by atoms with van der Waals surface area (Å²) in [5.41, 5.74) is 2.68. The molecular formula is C15H14BrNO2. The number of phenols is 1. The summed E-state index contributed by atoms with van der Waals surface area (Å²) in [7, 11) is 0. The Kier molecular flexibility index (Phi) is 4.22. The number of carbonyl (C=O) groups is 1. The minimum absolute atomic E-state index is 0.0770. The highest BCUT2D eigenvalue weighted by Gasteiger charge is 2.06. The zero-order chi connectivity index (χ0) is 13.8. The number of nitrogens with one attached hydrogen (secondary N) is 1. The molecule has 0 aliphatic carbocycles. The summed E-state index contributed by atoms with van der Waals surface area (Å²) in [5.74, 6) is 0.124. The van der Waals surface area contributed by atoms with Crippen molar-refractivity contribution in [1.82, 2.24) is 0 Å². The molecule has 3 nitrogen and oxygen atoms in total. The summed E-state index contributed by atoms with van der Waals surface area (Å²) in [4.78, 5) is 11.9. The number of hydrogen-bond acceptors (Lipinski definition) is 2. The van der Waals surface area contributed by atoms with Gasteiger partial charge in [0.05, 0.1) is 6.42 Å². The molecule has 0 spiro atoms. The topological polar surface area (TPSA) is 49.3 Å². The average molecular weight is 320 g/mol. The first kappa shape index (κ1) is 13.6. The summed E-state index contributed by atoms with van der Waals surface area (Å²) in [6.07, 6.45) is 0.284. The molecule has 0 radical (unpaired) electrons. The van der Waals surface area contributed by atoms with E-state index in [1.54, 1.807) is 24.3 Å². The predicted octanol–water partition coefficient (Wildman–Crippen LogP) is 3.64. The van der Waals surface area contributed by atoms with E-state index in [0.717, 1.165) is 21.3 Å². The number of hydrogen-bond donors (Lipinski definition) is 2. The van der Waals surface area contributed by atoms with Crippen LogP contribution in [0.4, 0.5) is 5.69 Å². The summed E-state index contributed by atoms with van der Waals surface area (Å²) < 4.78 is 0.929. The molecule has 0 bridgehead atoms. The lowest BCUT2D eigenvalue weighted by Gasteiger charge is -2.09. The minimum atomic E-state index is -0.0770. The van der Waals surface area contributed by atoms with Gasteiger partial charge in [0.2, 0.25) is 5.91 Å². The highest BCUT2D eigenvalue weighted by atomic mass is 79.9. The Labute approximate surface area is 120 Å². The van der Waals surface area contributed by atoms with Gasteiger partial charge in [-0.2, -0.15) is 0 Å². The fourth-order valence-electron chi connectivity index (χ4n) is 1.72. The van der Waals surface area contributed by atoms with E-state index in [2.05, 4.69) is 21.2 Å². The van der Waals surface area contributed by atoms with Crippen LogP contribution in [0.3, 0.4) is 0 Å². The molecule has 4 heteroatoms. The van der Waals surface area contributed by atoms with Crippen LogP contribution in [0.15, 0.2) is 46.9 Å². The van der Waals surface area contributed by atoms with E-state index in [9.17, 15) is 9.90 Å². The van der Waals surface area contributed by atoms with Crippen LogP contribution < -0.4 is 5.32 Å². The van der Waals surface area contributed by atoms with Crippen LogP contribution in [-0.2, 0) is 11.2 Å². The Balaban J connectivity index is 2.05. The number of carbonyl (C=O) groups excluding carboxylic acids is 1. The van der Waals surface area contributed by atoms with Crippen LogP contribution >= 0.6 is 15.9 Å². The maximum atomic E-state index is 11.9. The molecule has 0 saturated heterocycles. The maximum Gasteiger partial charge on any atom is 0.228 e. The van der Waals surface area contributed by atoms with Gasteiger partial charge in [0.25, 0.3) is 0 Å². The molecule has 0 saturated carbocycles. The van der Waals surface area contributed by atoms with Gasteiger partial charge in [0.1, 0.15) is 5.75 Å². The van der Waals surface area contributed by atoms with Crippen molar-refractivity contribution in [2.24, 2.45) is 0 Å². The second-order valence-electron chi connectivity index (χ2n) is 4.35. The fraction of sp³-hybridized carbons (Fsp3) is 0.133. The first-order valence-corrected chi connectivity index (χ1v) is 6.68. The molecule has 0 heterocycles. The number of amides is 1. The molecule has 1 amide bonds. The first-order chi connectivity index (χ1) is 9.04. The number of benzene rings is 2. The molecule has 2 aromatic carbocycles. The molecule has 0 aromatic heterocycles. The Morgan fingerprint density at radius 2 is 1.89 bits per heavy atom. The van der Waals surface area contributed by atoms with Crippen LogP contribution in [0.1, 0.15) is 11.1 Å². The lowest BCUT2D eigenvalue weighted by Crippen LogP contribution is -2.15. The van der Waals surface area contributed by atoms with E-state index in [-0.39, 0.29) is 18.1 Å². The first-order valence-electron chi connectivity index (χ1n) is 5.88. The van der Waals surface area contributed by atoms with Gasteiger partial charge in [0, 0.05) is 10.2 Å². The largest absolute Gasteiger partial charge is 0.508 e. The van der Waals surface area contributed by atoms with Crippen molar-refractivity contribution in [3.8, 4) is 5.75 Å². The van der Waals surface area contributed by atoms with Gasteiger partial charge in [0.15, 0.2) is 0 Å². The molecule has 2 rings (SSSR count). The molecule has 0 aliphatic rings. The van der Waals surface area contributed by atoms with E-state index in [1.807, 2.05) is 25.1 Å². The number of phenolic OH excluding ortho intramolecular Hbond substituents is 1. The SMILES string of the molecule is Cc1ccc(Br)cc1NC(=O)Cc1ccc(O)cc1. The molecule has 0 unspecified atom stereocenters. The number of rotatable bonds is 3. The number of aromatic hydroxyl groups is 1. The highest BCUT2D eigenvalue weighted by Crippen LogP contribution is 2.21. The van der Waals surface area contributed by atoms with Gasteiger partial charge in [-0.05, 0) is 42.3 Å². The van der Waals surface area contributed by atoms with E-state index >= 15 is 0 Å². The van der Waals surface area contributed by atoms with Gasteiger partial charge < -0.3 is 10.4 Å². The number of aryl methyl sites for hydroxylation is 1. The van der Waals surface area contributed by atoms with Gasteiger partial charge in [-0.25, -0.2) is 0 Å². The van der Waals surface area contributed by atoms with Crippen LogP contribution in [0, 0.1) is 6.92 Å². The van der Waals surface area contributed by atoms with E-state index < -0.39 is 0 Å². The van der Waals surface area contributed by atoms with Crippen LogP contribution in [0.2, 0.25) is 0 Å². The molecule has 98 valence electrons. The second-order valence-corrected chi connectivity index (χ2v) is 5.27. The number of anilines is 1. The molecule has 0 aliphatic heterocycles. The van der Waals surface area contributed by atoms with Crippen LogP contribution in [-0.4, -0.2) is 11.0 Å². The quantitative estimate of drug-likeness (QED) is 0.907. The van der Waals surface area contributed by atoms with E-state index in [0.29, 0.717) is 0 Å². The molecule has 19 heavy (non-hydrogen) atoms. The van der Waals surface area contributed by atoms with Crippen LogP contribution in [0.5, 0.6) is 5.75 Å². The van der Waals surface area contributed by atoms with Gasteiger partial charge in [-0.15, -0.1) is 0 Å². The maximum absolute atomic E-state index is 11.9. The standard InChI is InChI=1S/C15H14BrNO2/c1-10-2-5-12(16)9-14(10)17-15(19)8-11-3-6-13(18)7-4-11/h2-7,9,18H,8H2,1H3,(H,17,19). The zero-order valence-corrected chi connectivity index (χ0v) is 12.1. The van der Waals surface area contributed by atoms with Gasteiger partial charge in [-0.1, -0.05) is 34.1 Å².